The van der Waals surface area contributed by atoms with E-state index in [0.29, 0.717) is 11.0 Å². The van der Waals surface area contributed by atoms with Crippen molar-refractivity contribution >= 4 is 35.1 Å². The lowest BCUT2D eigenvalue weighted by Gasteiger charge is -2.32. The number of aromatic carboxylic acids is 1. The Balaban J connectivity index is 2.38. The normalized spacial score (nSPS) is 19.6. The van der Waals surface area contributed by atoms with Gasteiger partial charge in [0.1, 0.15) is 0 Å². The van der Waals surface area contributed by atoms with Gasteiger partial charge in [-0.15, -0.1) is 0 Å². The fourth-order valence-electron chi connectivity index (χ4n) is 2.43. The third kappa shape index (κ3) is 4.09. The van der Waals surface area contributed by atoms with Crippen LogP contribution in [0.5, 0.6) is 0 Å². The van der Waals surface area contributed by atoms with Gasteiger partial charge in [0, 0.05) is 11.0 Å². The molecule has 0 bridgehead atoms. The second-order valence-corrected chi connectivity index (χ2v) is 7.83. The molecule has 1 heterocycles. The summed E-state index contributed by atoms with van der Waals surface area (Å²) in [5.41, 5.74) is 1.07. The van der Waals surface area contributed by atoms with Crippen molar-refractivity contribution in [3.63, 3.8) is 0 Å². The number of hydrogen-bond acceptors (Lipinski definition) is 4. The van der Waals surface area contributed by atoms with E-state index >= 15 is 0 Å². The molecule has 1 saturated heterocycles. The Hall–Kier alpha value is -1.15. The summed E-state index contributed by atoms with van der Waals surface area (Å²) in [5.74, 6) is -0.961. The van der Waals surface area contributed by atoms with Crippen LogP contribution in [-0.2, 0) is 9.31 Å². The van der Waals surface area contributed by atoms with E-state index in [1.807, 2.05) is 46.9 Å². The van der Waals surface area contributed by atoms with Crippen molar-refractivity contribution in [3.8, 4) is 0 Å². The fourth-order valence-corrected chi connectivity index (χ4v) is 2.95. The van der Waals surface area contributed by atoms with Crippen LogP contribution in [0.25, 0.3) is 6.08 Å². The van der Waals surface area contributed by atoms with Crippen LogP contribution >= 0.6 is 15.9 Å². The van der Waals surface area contributed by atoms with Gasteiger partial charge in [-0.25, -0.2) is 4.79 Å². The van der Waals surface area contributed by atoms with Crippen LogP contribution in [0.4, 0.5) is 0 Å². The Labute approximate surface area is 151 Å². The maximum absolute atomic E-state index is 11.2. The second-order valence-electron chi connectivity index (χ2n) is 6.92. The van der Waals surface area contributed by atoms with Crippen LogP contribution < -0.4 is 5.32 Å². The van der Waals surface area contributed by atoms with Crippen LogP contribution in [0, 0.1) is 0 Å². The van der Waals surface area contributed by atoms with Crippen LogP contribution in [0.3, 0.4) is 0 Å². The van der Waals surface area contributed by atoms with E-state index in [-0.39, 0.29) is 5.56 Å². The molecule has 24 heavy (non-hydrogen) atoms. The highest BCUT2D eigenvalue weighted by atomic mass is 79.9. The van der Waals surface area contributed by atoms with E-state index in [1.165, 1.54) is 0 Å². The summed E-state index contributed by atoms with van der Waals surface area (Å²) in [6.45, 7) is 8.60. The standard InChI is InChI=1S/C17H23BBrNO4/c1-16(2)17(3,4)24-18(23-16)13(10-20-5)7-11-6-12(15(21)22)9-14(19)8-11/h6-9,20H,10H2,1-5H3,(H,21,22). The Morgan fingerprint density at radius 3 is 2.33 bits per heavy atom. The highest BCUT2D eigenvalue weighted by molar-refractivity contribution is 9.10. The van der Waals surface area contributed by atoms with E-state index in [0.717, 1.165) is 11.0 Å². The molecule has 2 N–H and O–H groups in total. The van der Waals surface area contributed by atoms with E-state index in [2.05, 4.69) is 21.2 Å². The summed E-state index contributed by atoms with van der Waals surface area (Å²) in [5, 5.41) is 12.3. The molecule has 130 valence electrons. The molecule has 0 atom stereocenters. The van der Waals surface area contributed by atoms with Crippen LogP contribution in [-0.4, -0.2) is 43.0 Å². The Morgan fingerprint density at radius 1 is 1.25 bits per heavy atom. The molecule has 0 amide bonds. The van der Waals surface area contributed by atoms with Gasteiger partial charge in [-0.2, -0.15) is 0 Å². The summed E-state index contributed by atoms with van der Waals surface area (Å²) < 4.78 is 12.9. The fraction of sp³-hybridized carbons (Fsp3) is 0.471. The van der Waals surface area contributed by atoms with E-state index in [9.17, 15) is 9.90 Å². The molecule has 5 nitrogen and oxygen atoms in total. The molecule has 0 spiro atoms. The molecule has 1 aromatic rings. The molecule has 1 aliphatic rings. The first-order chi connectivity index (χ1) is 11.1. The molecule has 0 aromatic heterocycles. The second kappa shape index (κ2) is 7.00. The first-order valence-electron chi connectivity index (χ1n) is 7.80. The molecule has 7 heteroatoms. The first kappa shape index (κ1) is 19.2. The van der Waals surface area contributed by atoms with Gasteiger partial charge in [-0.3, -0.25) is 0 Å². The summed E-state index contributed by atoms with van der Waals surface area (Å²) in [6, 6.07) is 5.08. The molecule has 0 radical (unpaired) electrons. The predicted octanol–water partition coefficient (Wildman–Crippen LogP) is 3.38. The van der Waals surface area contributed by atoms with Crippen molar-refractivity contribution in [2.75, 3.05) is 13.6 Å². The zero-order valence-corrected chi connectivity index (χ0v) is 16.2. The molecule has 0 aliphatic carbocycles. The molecular formula is C17H23BBrNO4. The first-order valence-corrected chi connectivity index (χ1v) is 8.59. The monoisotopic (exact) mass is 395 g/mol. The Morgan fingerprint density at radius 2 is 1.83 bits per heavy atom. The predicted molar refractivity (Wildman–Crippen MR) is 99.1 cm³/mol. The third-order valence-corrected chi connectivity index (χ3v) is 4.91. The van der Waals surface area contributed by atoms with Crippen LogP contribution in [0.15, 0.2) is 28.1 Å². The van der Waals surface area contributed by atoms with Gasteiger partial charge >= 0.3 is 13.1 Å². The zero-order valence-electron chi connectivity index (χ0n) is 14.6. The van der Waals surface area contributed by atoms with E-state index in [4.69, 9.17) is 9.31 Å². The quantitative estimate of drug-likeness (QED) is 0.748. The lowest BCUT2D eigenvalue weighted by atomic mass is 9.77. The Kier molecular flexibility index (Phi) is 5.59. The minimum Gasteiger partial charge on any atom is -0.478 e. The lowest BCUT2D eigenvalue weighted by molar-refractivity contribution is 0.00578. The summed E-state index contributed by atoms with van der Waals surface area (Å²) in [6.07, 6.45) is 1.91. The van der Waals surface area contributed by atoms with Gasteiger partial charge in [-0.05, 0) is 64.0 Å². The summed E-state index contributed by atoms with van der Waals surface area (Å²) >= 11 is 3.36. The molecule has 1 aliphatic heterocycles. The lowest BCUT2D eigenvalue weighted by Crippen LogP contribution is -2.41. The number of carboxylic acid groups (broad SMARTS) is 1. The topological polar surface area (TPSA) is 67.8 Å². The molecule has 1 fully saturated rings. The maximum atomic E-state index is 11.2. The van der Waals surface area contributed by atoms with Gasteiger partial charge in [0.25, 0.3) is 0 Å². The molecule has 0 saturated carbocycles. The number of rotatable bonds is 5. The smallest absolute Gasteiger partial charge is 0.478 e. The SMILES string of the molecule is CNCC(=Cc1cc(Br)cc(C(=O)O)c1)B1OC(C)(C)C(C)(C)O1. The summed E-state index contributed by atoms with van der Waals surface area (Å²) in [7, 11) is 1.37. The van der Waals surface area contributed by atoms with Crippen molar-refractivity contribution in [1.82, 2.24) is 5.32 Å². The number of halogens is 1. The van der Waals surface area contributed by atoms with Crippen molar-refractivity contribution in [2.24, 2.45) is 0 Å². The van der Waals surface area contributed by atoms with Crippen molar-refractivity contribution in [1.29, 1.82) is 0 Å². The number of likely N-dealkylation sites (N-methyl/N-ethyl adjacent to an activating group) is 1. The average Bonchev–Trinajstić information content (AvgIpc) is 2.66. The largest absolute Gasteiger partial charge is 0.491 e. The molecule has 1 aromatic carbocycles. The van der Waals surface area contributed by atoms with Gasteiger partial charge in [0.05, 0.1) is 16.8 Å². The minimum atomic E-state index is -0.961. The van der Waals surface area contributed by atoms with Gasteiger partial charge in [0.2, 0.25) is 0 Å². The maximum Gasteiger partial charge on any atom is 0.491 e. The number of hydrogen-bond donors (Lipinski definition) is 2. The molecule has 0 unspecified atom stereocenters. The van der Waals surface area contributed by atoms with Crippen molar-refractivity contribution < 1.29 is 19.2 Å². The third-order valence-electron chi connectivity index (χ3n) is 4.46. The highest BCUT2D eigenvalue weighted by Gasteiger charge is 2.52. The minimum absolute atomic E-state index is 0.230. The average molecular weight is 396 g/mol. The summed E-state index contributed by atoms with van der Waals surface area (Å²) in [4.78, 5) is 11.2. The van der Waals surface area contributed by atoms with Gasteiger partial charge in [0.15, 0.2) is 0 Å². The van der Waals surface area contributed by atoms with Gasteiger partial charge < -0.3 is 19.7 Å². The number of carbonyl (C=O) groups is 1. The van der Waals surface area contributed by atoms with E-state index < -0.39 is 24.3 Å². The zero-order chi connectivity index (χ0) is 18.1. The molecule has 2 rings (SSSR count). The van der Waals surface area contributed by atoms with Crippen molar-refractivity contribution in [3.05, 3.63) is 39.3 Å². The highest BCUT2D eigenvalue weighted by Crippen LogP contribution is 2.38. The van der Waals surface area contributed by atoms with E-state index in [1.54, 1.807) is 12.1 Å². The van der Waals surface area contributed by atoms with Crippen LogP contribution in [0.2, 0.25) is 0 Å². The Bertz CT molecular complexity index is 657. The number of nitrogens with one attached hydrogen (secondary N) is 1. The molecular weight excluding hydrogens is 373 g/mol. The number of carboxylic acids is 1. The van der Waals surface area contributed by atoms with Gasteiger partial charge in [-0.1, -0.05) is 22.0 Å². The van der Waals surface area contributed by atoms with Crippen molar-refractivity contribution in [2.45, 2.75) is 38.9 Å². The van der Waals surface area contributed by atoms with Crippen LogP contribution in [0.1, 0.15) is 43.6 Å². The number of benzene rings is 1.